The van der Waals surface area contributed by atoms with Crippen molar-refractivity contribution in [2.24, 2.45) is 0 Å². The molecular formula is C23H41N. The van der Waals surface area contributed by atoms with Gasteiger partial charge in [0.1, 0.15) is 0 Å². The van der Waals surface area contributed by atoms with Crippen LogP contribution in [-0.4, -0.2) is 4.98 Å². The molecule has 0 fully saturated rings. The standard InChI is InChI=1S/C23H41N/c1-3-5-6-7-8-9-10-11-12-13-14-15-16-17-19-22-20-18-21-24-23(22)4-2/h18,20-21H,3-17,19H2,1-2H3. The number of rotatable bonds is 16. The second-order valence-electron chi connectivity index (χ2n) is 7.31. The highest BCUT2D eigenvalue weighted by Crippen LogP contribution is 2.15. The van der Waals surface area contributed by atoms with Gasteiger partial charge in [0.2, 0.25) is 0 Å². The molecule has 0 radical (unpaired) electrons. The highest BCUT2D eigenvalue weighted by molar-refractivity contribution is 5.19. The summed E-state index contributed by atoms with van der Waals surface area (Å²) in [4.78, 5) is 4.48. The molecular weight excluding hydrogens is 290 g/mol. The third kappa shape index (κ3) is 10.8. The molecule has 0 atom stereocenters. The summed E-state index contributed by atoms with van der Waals surface area (Å²) in [5.41, 5.74) is 2.77. The first kappa shape index (κ1) is 21.2. The number of aromatic nitrogens is 1. The Hall–Kier alpha value is -0.850. The SMILES string of the molecule is CCCCCCCCCCCCCCCCc1cccnc1CC. The zero-order valence-corrected chi connectivity index (χ0v) is 16.5. The van der Waals surface area contributed by atoms with Gasteiger partial charge in [-0.2, -0.15) is 0 Å². The van der Waals surface area contributed by atoms with Crippen molar-refractivity contribution < 1.29 is 0 Å². The van der Waals surface area contributed by atoms with E-state index in [9.17, 15) is 0 Å². The highest BCUT2D eigenvalue weighted by atomic mass is 14.7. The van der Waals surface area contributed by atoms with Crippen LogP contribution in [0.3, 0.4) is 0 Å². The van der Waals surface area contributed by atoms with Gasteiger partial charge < -0.3 is 0 Å². The zero-order chi connectivity index (χ0) is 17.3. The minimum atomic E-state index is 1.06. The van der Waals surface area contributed by atoms with Crippen LogP contribution in [0.5, 0.6) is 0 Å². The molecule has 0 aliphatic heterocycles. The van der Waals surface area contributed by atoms with E-state index in [-0.39, 0.29) is 0 Å². The molecule has 1 heterocycles. The Kier molecular flexibility index (Phi) is 13.8. The maximum absolute atomic E-state index is 4.48. The van der Waals surface area contributed by atoms with E-state index in [0.717, 1.165) is 6.42 Å². The molecule has 0 aromatic carbocycles. The zero-order valence-electron chi connectivity index (χ0n) is 16.5. The lowest BCUT2D eigenvalue weighted by atomic mass is 10.0. The molecule has 0 saturated heterocycles. The van der Waals surface area contributed by atoms with Crippen LogP contribution in [0.1, 0.15) is 115 Å². The smallest absolute Gasteiger partial charge is 0.0432 e. The lowest BCUT2D eigenvalue weighted by molar-refractivity contribution is 0.535. The lowest BCUT2D eigenvalue weighted by Gasteiger charge is -2.06. The third-order valence-corrected chi connectivity index (χ3v) is 5.12. The van der Waals surface area contributed by atoms with Crippen LogP contribution < -0.4 is 0 Å². The van der Waals surface area contributed by atoms with Gasteiger partial charge in [-0.1, -0.05) is 103 Å². The van der Waals surface area contributed by atoms with Gasteiger partial charge in [0, 0.05) is 11.9 Å². The van der Waals surface area contributed by atoms with Crippen molar-refractivity contribution in [1.82, 2.24) is 4.98 Å². The molecule has 0 aliphatic rings. The van der Waals surface area contributed by atoms with Crippen molar-refractivity contribution in [2.45, 2.75) is 117 Å². The second-order valence-corrected chi connectivity index (χ2v) is 7.31. The highest BCUT2D eigenvalue weighted by Gasteiger charge is 2.00. The van der Waals surface area contributed by atoms with Gasteiger partial charge in [0.05, 0.1) is 0 Å². The topological polar surface area (TPSA) is 12.9 Å². The normalized spacial score (nSPS) is 11.1. The number of pyridine rings is 1. The molecule has 1 heteroatoms. The molecule has 0 amide bonds. The van der Waals surface area contributed by atoms with E-state index >= 15 is 0 Å². The molecule has 0 aliphatic carbocycles. The van der Waals surface area contributed by atoms with Crippen molar-refractivity contribution in [3.05, 3.63) is 29.6 Å². The molecule has 1 aromatic rings. The van der Waals surface area contributed by atoms with Crippen molar-refractivity contribution in [1.29, 1.82) is 0 Å². The summed E-state index contributed by atoms with van der Waals surface area (Å²) in [6, 6.07) is 4.34. The molecule has 0 saturated carbocycles. The van der Waals surface area contributed by atoms with Crippen LogP contribution in [0.2, 0.25) is 0 Å². The predicted molar refractivity (Wildman–Crippen MR) is 108 cm³/mol. The predicted octanol–water partition coefficient (Wildman–Crippen LogP) is 7.67. The number of hydrogen-bond donors (Lipinski definition) is 0. The maximum atomic E-state index is 4.48. The third-order valence-electron chi connectivity index (χ3n) is 5.12. The van der Waals surface area contributed by atoms with E-state index in [4.69, 9.17) is 0 Å². The molecule has 138 valence electrons. The first-order chi connectivity index (χ1) is 11.9. The monoisotopic (exact) mass is 331 g/mol. The van der Waals surface area contributed by atoms with Crippen LogP contribution in [0.4, 0.5) is 0 Å². The van der Waals surface area contributed by atoms with Crippen LogP contribution in [-0.2, 0) is 12.8 Å². The fourth-order valence-electron chi connectivity index (χ4n) is 3.53. The number of unbranched alkanes of at least 4 members (excludes halogenated alkanes) is 13. The average Bonchev–Trinajstić information content (AvgIpc) is 2.62. The van der Waals surface area contributed by atoms with E-state index in [1.807, 2.05) is 6.20 Å². The van der Waals surface area contributed by atoms with Crippen molar-refractivity contribution in [2.75, 3.05) is 0 Å². The largest absolute Gasteiger partial charge is 0.261 e. The van der Waals surface area contributed by atoms with E-state index in [1.165, 1.54) is 108 Å². The summed E-state index contributed by atoms with van der Waals surface area (Å²) in [5, 5.41) is 0. The Balaban J connectivity index is 1.84. The van der Waals surface area contributed by atoms with Crippen LogP contribution in [0.15, 0.2) is 18.3 Å². The minimum absolute atomic E-state index is 1.06. The van der Waals surface area contributed by atoms with Gasteiger partial charge in [-0.25, -0.2) is 0 Å². The van der Waals surface area contributed by atoms with Gasteiger partial charge in [-0.05, 0) is 30.9 Å². The minimum Gasteiger partial charge on any atom is -0.261 e. The van der Waals surface area contributed by atoms with Gasteiger partial charge >= 0.3 is 0 Å². The summed E-state index contributed by atoms with van der Waals surface area (Å²) in [7, 11) is 0. The van der Waals surface area contributed by atoms with Crippen LogP contribution >= 0.6 is 0 Å². The number of aryl methyl sites for hydroxylation is 2. The fourth-order valence-corrected chi connectivity index (χ4v) is 3.53. The Morgan fingerprint density at radius 3 is 1.67 bits per heavy atom. The Morgan fingerprint density at radius 2 is 1.17 bits per heavy atom. The summed E-state index contributed by atoms with van der Waals surface area (Å²) in [6.07, 6.45) is 24.2. The fraction of sp³-hybridized carbons (Fsp3) is 0.783. The van der Waals surface area contributed by atoms with Crippen molar-refractivity contribution in [3.8, 4) is 0 Å². The van der Waals surface area contributed by atoms with Crippen LogP contribution in [0.25, 0.3) is 0 Å². The van der Waals surface area contributed by atoms with Crippen molar-refractivity contribution in [3.63, 3.8) is 0 Å². The number of nitrogens with zero attached hydrogens (tertiary/aromatic N) is 1. The summed E-state index contributed by atoms with van der Waals surface area (Å²) in [6.45, 7) is 4.50. The molecule has 0 unspecified atom stereocenters. The maximum Gasteiger partial charge on any atom is 0.0432 e. The average molecular weight is 332 g/mol. The van der Waals surface area contributed by atoms with E-state index < -0.39 is 0 Å². The van der Waals surface area contributed by atoms with Gasteiger partial charge in [-0.15, -0.1) is 0 Å². The second kappa shape index (κ2) is 15.7. The molecule has 1 nitrogen and oxygen atoms in total. The first-order valence-electron chi connectivity index (χ1n) is 10.8. The Labute approximate surface area is 151 Å². The molecule has 0 N–H and O–H groups in total. The Morgan fingerprint density at radius 1 is 0.667 bits per heavy atom. The summed E-state index contributed by atoms with van der Waals surface area (Å²) in [5.74, 6) is 0. The molecule has 0 bridgehead atoms. The first-order valence-corrected chi connectivity index (χ1v) is 10.8. The molecule has 1 aromatic heterocycles. The Bertz CT molecular complexity index is 385. The molecule has 1 rings (SSSR count). The number of hydrogen-bond acceptors (Lipinski definition) is 1. The van der Waals surface area contributed by atoms with E-state index in [0.29, 0.717) is 0 Å². The van der Waals surface area contributed by atoms with Gasteiger partial charge in [0.25, 0.3) is 0 Å². The lowest BCUT2D eigenvalue weighted by Crippen LogP contribution is -1.96. The van der Waals surface area contributed by atoms with Crippen LogP contribution in [0, 0.1) is 0 Å². The summed E-state index contributed by atoms with van der Waals surface area (Å²) < 4.78 is 0. The van der Waals surface area contributed by atoms with E-state index in [2.05, 4.69) is 31.0 Å². The quantitative estimate of drug-likeness (QED) is 0.283. The molecule has 24 heavy (non-hydrogen) atoms. The summed E-state index contributed by atoms with van der Waals surface area (Å²) >= 11 is 0. The molecule has 0 spiro atoms. The van der Waals surface area contributed by atoms with Gasteiger partial charge in [-0.3, -0.25) is 4.98 Å². The van der Waals surface area contributed by atoms with Crippen molar-refractivity contribution >= 4 is 0 Å². The van der Waals surface area contributed by atoms with E-state index in [1.54, 1.807) is 0 Å². The van der Waals surface area contributed by atoms with Gasteiger partial charge in [0.15, 0.2) is 0 Å².